The van der Waals surface area contributed by atoms with Crippen molar-refractivity contribution in [2.24, 2.45) is 0 Å². The largest absolute Gasteiger partial charge is 0.495 e. The van der Waals surface area contributed by atoms with Gasteiger partial charge < -0.3 is 24.6 Å². The zero-order valence-corrected chi connectivity index (χ0v) is 16.1. The minimum atomic E-state index is -0.334. The second kappa shape index (κ2) is 9.80. The van der Waals surface area contributed by atoms with Crippen molar-refractivity contribution in [3.05, 3.63) is 24.3 Å². The van der Waals surface area contributed by atoms with Crippen molar-refractivity contribution >= 4 is 23.6 Å². The number of hydrogen-bond donors (Lipinski definition) is 1. The third-order valence-electron chi connectivity index (χ3n) is 4.53. The van der Waals surface area contributed by atoms with Crippen molar-refractivity contribution in [2.45, 2.75) is 32.7 Å². The van der Waals surface area contributed by atoms with E-state index < -0.39 is 0 Å². The zero-order chi connectivity index (χ0) is 19.8. The minimum Gasteiger partial charge on any atom is -0.495 e. The highest BCUT2D eigenvalue weighted by atomic mass is 16.6. The minimum absolute atomic E-state index is 0.0442. The van der Waals surface area contributed by atoms with E-state index in [1.54, 1.807) is 34.9 Å². The third kappa shape index (κ3) is 5.60. The molecule has 0 bridgehead atoms. The topological polar surface area (TPSA) is 88.2 Å². The number of benzene rings is 1. The second-order valence-corrected chi connectivity index (χ2v) is 6.31. The van der Waals surface area contributed by atoms with Crippen LogP contribution >= 0.6 is 0 Å². The van der Waals surface area contributed by atoms with Gasteiger partial charge in [-0.2, -0.15) is 0 Å². The lowest BCUT2D eigenvalue weighted by molar-refractivity contribution is -0.136. The summed E-state index contributed by atoms with van der Waals surface area (Å²) in [5.74, 6) is 0.102. The first-order valence-electron chi connectivity index (χ1n) is 9.08. The predicted molar refractivity (Wildman–Crippen MR) is 101 cm³/mol. The molecule has 1 aromatic carbocycles. The molecule has 2 rings (SSSR count). The molecule has 8 heteroatoms. The molecule has 0 aliphatic carbocycles. The van der Waals surface area contributed by atoms with Crippen molar-refractivity contribution in [3.63, 3.8) is 0 Å². The van der Waals surface area contributed by atoms with E-state index in [1.165, 1.54) is 14.0 Å². The number of methoxy groups -OCH3 is 1. The van der Waals surface area contributed by atoms with Crippen LogP contribution in [0.4, 0.5) is 10.5 Å². The Balaban J connectivity index is 1.95. The van der Waals surface area contributed by atoms with Gasteiger partial charge in [-0.3, -0.25) is 9.59 Å². The van der Waals surface area contributed by atoms with Gasteiger partial charge in [-0.15, -0.1) is 0 Å². The predicted octanol–water partition coefficient (Wildman–Crippen LogP) is 2.10. The standard InChI is InChI=1S/C19H27N3O5/c1-4-27-19(25)21-11-9-15(10-12-21)22(14(2)23)13-18(24)20-16-7-5-6-8-17(16)26-3/h5-8,15H,4,9-13H2,1-3H3,(H,20,24). The van der Waals surface area contributed by atoms with E-state index in [4.69, 9.17) is 9.47 Å². The molecular formula is C19H27N3O5. The number of nitrogens with zero attached hydrogens (tertiary/aromatic N) is 2. The van der Waals surface area contributed by atoms with E-state index in [9.17, 15) is 14.4 Å². The molecule has 8 nitrogen and oxygen atoms in total. The lowest BCUT2D eigenvalue weighted by atomic mass is 10.0. The Morgan fingerprint density at radius 3 is 2.48 bits per heavy atom. The summed E-state index contributed by atoms with van der Waals surface area (Å²) in [6, 6.07) is 7.02. The van der Waals surface area contributed by atoms with E-state index in [0.717, 1.165) is 0 Å². The van der Waals surface area contributed by atoms with E-state index in [-0.39, 0.29) is 30.5 Å². The smallest absolute Gasteiger partial charge is 0.409 e. The van der Waals surface area contributed by atoms with Crippen LogP contribution in [0.5, 0.6) is 5.75 Å². The molecule has 1 N–H and O–H groups in total. The van der Waals surface area contributed by atoms with Crippen LogP contribution in [0.15, 0.2) is 24.3 Å². The van der Waals surface area contributed by atoms with Gasteiger partial charge in [0.15, 0.2) is 0 Å². The van der Waals surface area contributed by atoms with Crippen LogP contribution < -0.4 is 10.1 Å². The van der Waals surface area contributed by atoms with E-state index in [0.29, 0.717) is 44.0 Å². The van der Waals surface area contributed by atoms with Crippen molar-refractivity contribution in [3.8, 4) is 5.75 Å². The van der Waals surface area contributed by atoms with Gasteiger partial charge >= 0.3 is 6.09 Å². The molecular weight excluding hydrogens is 350 g/mol. The maximum Gasteiger partial charge on any atom is 0.409 e. The van der Waals surface area contributed by atoms with Crippen molar-refractivity contribution in [1.29, 1.82) is 0 Å². The van der Waals surface area contributed by atoms with Crippen LogP contribution in [0.3, 0.4) is 0 Å². The molecule has 0 unspecified atom stereocenters. The monoisotopic (exact) mass is 377 g/mol. The molecule has 0 atom stereocenters. The number of hydrogen-bond acceptors (Lipinski definition) is 5. The van der Waals surface area contributed by atoms with Gasteiger partial charge in [0.25, 0.3) is 0 Å². The maximum atomic E-state index is 12.5. The molecule has 0 saturated carbocycles. The number of rotatable bonds is 6. The highest BCUT2D eigenvalue weighted by Gasteiger charge is 2.30. The fraction of sp³-hybridized carbons (Fsp3) is 0.526. The molecule has 1 saturated heterocycles. The number of ether oxygens (including phenoxy) is 2. The molecule has 27 heavy (non-hydrogen) atoms. The molecule has 0 radical (unpaired) electrons. The number of piperidine rings is 1. The van der Waals surface area contributed by atoms with E-state index in [2.05, 4.69) is 5.32 Å². The number of amides is 3. The number of anilines is 1. The number of nitrogens with one attached hydrogen (secondary N) is 1. The quantitative estimate of drug-likeness (QED) is 0.820. The Morgan fingerprint density at radius 1 is 1.22 bits per heavy atom. The molecule has 1 fully saturated rings. The number of likely N-dealkylation sites (tertiary alicyclic amines) is 1. The Bertz CT molecular complexity index is 671. The van der Waals surface area contributed by atoms with E-state index >= 15 is 0 Å². The average Bonchev–Trinajstić information content (AvgIpc) is 2.66. The molecule has 0 spiro atoms. The third-order valence-corrected chi connectivity index (χ3v) is 4.53. The fourth-order valence-corrected chi connectivity index (χ4v) is 3.16. The first-order valence-corrected chi connectivity index (χ1v) is 9.08. The van der Waals surface area contributed by atoms with Gasteiger partial charge in [-0.05, 0) is 31.9 Å². The normalized spacial score (nSPS) is 14.4. The Morgan fingerprint density at radius 2 is 1.89 bits per heavy atom. The van der Waals surface area contributed by atoms with Crippen LogP contribution in [0.1, 0.15) is 26.7 Å². The number of carbonyl (C=O) groups is 3. The Hall–Kier alpha value is -2.77. The highest BCUT2D eigenvalue weighted by Crippen LogP contribution is 2.23. The molecule has 1 aromatic rings. The van der Waals surface area contributed by atoms with Crippen LogP contribution in [-0.4, -0.2) is 67.1 Å². The van der Waals surface area contributed by atoms with E-state index in [1.807, 2.05) is 6.07 Å². The van der Waals surface area contributed by atoms with Crippen molar-refractivity contribution < 1.29 is 23.9 Å². The van der Waals surface area contributed by atoms with Gasteiger partial charge in [0.05, 0.1) is 19.4 Å². The van der Waals surface area contributed by atoms with Crippen molar-refractivity contribution in [1.82, 2.24) is 9.80 Å². The van der Waals surface area contributed by atoms with Crippen LogP contribution in [0, 0.1) is 0 Å². The molecule has 1 aliphatic rings. The SMILES string of the molecule is CCOC(=O)N1CCC(N(CC(=O)Nc2ccccc2OC)C(C)=O)CC1. The molecule has 0 aromatic heterocycles. The fourth-order valence-electron chi connectivity index (χ4n) is 3.16. The zero-order valence-electron chi connectivity index (χ0n) is 16.1. The summed E-state index contributed by atoms with van der Waals surface area (Å²) in [5, 5.41) is 2.79. The van der Waals surface area contributed by atoms with Gasteiger partial charge in [-0.1, -0.05) is 12.1 Å². The Kier molecular flexibility index (Phi) is 7.45. The maximum absolute atomic E-state index is 12.5. The van der Waals surface area contributed by atoms with Crippen LogP contribution in [-0.2, 0) is 14.3 Å². The molecule has 1 heterocycles. The highest BCUT2D eigenvalue weighted by molar-refractivity contribution is 5.95. The summed E-state index contributed by atoms with van der Waals surface area (Å²) in [4.78, 5) is 39.5. The first-order chi connectivity index (χ1) is 13.0. The second-order valence-electron chi connectivity index (χ2n) is 6.31. The summed E-state index contributed by atoms with van der Waals surface area (Å²) >= 11 is 0. The lowest BCUT2D eigenvalue weighted by Crippen LogP contribution is -2.50. The van der Waals surface area contributed by atoms with Crippen LogP contribution in [0.25, 0.3) is 0 Å². The summed E-state index contributed by atoms with van der Waals surface area (Å²) in [5.41, 5.74) is 0.561. The van der Waals surface area contributed by atoms with Gasteiger partial charge in [0.1, 0.15) is 12.3 Å². The molecule has 3 amide bonds. The van der Waals surface area contributed by atoms with Gasteiger partial charge in [0.2, 0.25) is 11.8 Å². The Labute approximate surface area is 159 Å². The molecule has 1 aliphatic heterocycles. The van der Waals surface area contributed by atoms with Gasteiger partial charge in [-0.25, -0.2) is 4.79 Å². The number of carbonyl (C=O) groups excluding carboxylic acids is 3. The average molecular weight is 377 g/mol. The van der Waals surface area contributed by atoms with Crippen molar-refractivity contribution in [2.75, 3.05) is 38.7 Å². The number of para-hydroxylation sites is 2. The lowest BCUT2D eigenvalue weighted by Gasteiger charge is -2.37. The van der Waals surface area contributed by atoms with Crippen LogP contribution in [0.2, 0.25) is 0 Å². The summed E-state index contributed by atoms with van der Waals surface area (Å²) in [7, 11) is 1.53. The summed E-state index contributed by atoms with van der Waals surface area (Å²) < 4.78 is 10.2. The first kappa shape index (κ1) is 20.5. The summed E-state index contributed by atoms with van der Waals surface area (Å²) in [6.45, 7) is 4.51. The van der Waals surface area contributed by atoms with Gasteiger partial charge in [0, 0.05) is 26.1 Å². The molecule has 148 valence electrons. The summed E-state index contributed by atoms with van der Waals surface area (Å²) in [6.07, 6.45) is 0.889.